The topological polar surface area (TPSA) is 54.0 Å². The van der Waals surface area contributed by atoms with Crippen molar-refractivity contribution in [1.82, 2.24) is 0 Å². The lowest BCUT2D eigenvalue weighted by Crippen LogP contribution is -2.37. The molecule has 2 aromatic rings. The summed E-state index contributed by atoms with van der Waals surface area (Å²) in [5.74, 6) is -0.731. The first-order valence-corrected chi connectivity index (χ1v) is 9.44. The number of carbonyl (C=O) groups excluding carboxylic acids is 1. The Hall–Kier alpha value is -1.15. The van der Waals surface area contributed by atoms with Gasteiger partial charge in [-0.1, -0.05) is 34.1 Å². The normalized spacial score (nSPS) is 24.3. The van der Waals surface area contributed by atoms with E-state index in [1.807, 2.05) is 37.3 Å². The van der Waals surface area contributed by atoms with Gasteiger partial charge in [0.2, 0.25) is 5.79 Å². The molecular weight excluding hydrogens is 456 g/mol. The van der Waals surface area contributed by atoms with E-state index in [9.17, 15) is 4.79 Å². The SMILES string of the molecule is COC(=O)C1COC(c2ccc3c(Br)c(OC)ccc3c2)(C(C)Br)O1. The minimum atomic E-state index is -1.06. The molecule has 0 aromatic heterocycles. The zero-order chi connectivity index (χ0) is 18.2. The van der Waals surface area contributed by atoms with E-state index in [1.165, 1.54) is 7.11 Å². The van der Waals surface area contributed by atoms with Gasteiger partial charge in [-0.2, -0.15) is 0 Å². The molecule has 1 heterocycles. The van der Waals surface area contributed by atoms with Gasteiger partial charge >= 0.3 is 5.97 Å². The van der Waals surface area contributed by atoms with E-state index in [2.05, 4.69) is 31.9 Å². The summed E-state index contributed by atoms with van der Waals surface area (Å²) in [6.07, 6.45) is -0.747. The predicted octanol–water partition coefficient (Wildman–Crippen LogP) is 4.14. The Kier molecular flexibility index (Phi) is 5.39. The zero-order valence-corrected chi connectivity index (χ0v) is 17.2. The summed E-state index contributed by atoms with van der Waals surface area (Å²) < 4.78 is 22.9. The number of carbonyl (C=O) groups is 1. The number of ether oxygens (including phenoxy) is 4. The molecule has 3 unspecified atom stereocenters. The first kappa shape index (κ1) is 18.6. The van der Waals surface area contributed by atoms with Crippen molar-refractivity contribution in [2.75, 3.05) is 20.8 Å². The lowest BCUT2D eigenvalue weighted by Gasteiger charge is -2.31. The van der Waals surface area contributed by atoms with Crippen LogP contribution >= 0.6 is 31.9 Å². The maximum absolute atomic E-state index is 11.8. The van der Waals surface area contributed by atoms with Gasteiger partial charge < -0.3 is 18.9 Å². The third-order valence-corrected chi connectivity index (χ3v) is 5.72. The molecule has 2 aromatic carbocycles. The van der Waals surface area contributed by atoms with Crippen molar-refractivity contribution in [2.45, 2.75) is 23.6 Å². The van der Waals surface area contributed by atoms with Crippen LogP contribution in [0, 0.1) is 0 Å². The van der Waals surface area contributed by atoms with E-state index < -0.39 is 17.9 Å². The van der Waals surface area contributed by atoms with Crippen LogP contribution in [0.3, 0.4) is 0 Å². The molecule has 0 spiro atoms. The predicted molar refractivity (Wildman–Crippen MR) is 101 cm³/mol. The van der Waals surface area contributed by atoms with E-state index in [-0.39, 0.29) is 11.4 Å². The second-order valence-electron chi connectivity index (χ2n) is 5.74. The number of esters is 1. The zero-order valence-electron chi connectivity index (χ0n) is 14.0. The molecule has 0 N–H and O–H groups in total. The summed E-state index contributed by atoms with van der Waals surface area (Å²) >= 11 is 7.14. The molecule has 3 rings (SSSR count). The number of hydrogen-bond donors (Lipinski definition) is 0. The minimum Gasteiger partial charge on any atom is -0.496 e. The van der Waals surface area contributed by atoms with Crippen LogP contribution in [0.5, 0.6) is 5.75 Å². The Morgan fingerprint density at radius 1 is 1.32 bits per heavy atom. The van der Waals surface area contributed by atoms with Crippen LogP contribution in [0.4, 0.5) is 0 Å². The minimum absolute atomic E-state index is 0.146. The third kappa shape index (κ3) is 3.18. The lowest BCUT2D eigenvalue weighted by molar-refractivity contribution is -0.185. The van der Waals surface area contributed by atoms with Crippen LogP contribution in [0.15, 0.2) is 34.8 Å². The highest BCUT2D eigenvalue weighted by Crippen LogP contribution is 2.43. The molecule has 0 bridgehead atoms. The fourth-order valence-corrected chi connectivity index (χ4v) is 4.12. The molecule has 1 aliphatic rings. The number of halogens is 2. The Bertz CT molecular complexity index is 807. The number of benzene rings is 2. The summed E-state index contributed by atoms with van der Waals surface area (Å²) in [5, 5.41) is 2.02. The van der Waals surface area contributed by atoms with Crippen molar-refractivity contribution in [2.24, 2.45) is 0 Å². The van der Waals surface area contributed by atoms with Gasteiger partial charge in [0.05, 0.1) is 30.1 Å². The summed E-state index contributed by atoms with van der Waals surface area (Å²) in [4.78, 5) is 11.6. The molecular formula is C18H18Br2O5. The summed E-state index contributed by atoms with van der Waals surface area (Å²) in [5.41, 5.74) is 0.827. The molecule has 1 aliphatic heterocycles. The largest absolute Gasteiger partial charge is 0.496 e. The van der Waals surface area contributed by atoms with Crippen LogP contribution in [0.1, 0.15) is 12.5 Å². The highest BCUT2D eigenvalue weighted by Gasteiger charge is 2.49. The van der Waals surface area contributed by atoms with Crippen molar-refractivity contribution in [1.29, 1.82) is 0 Å². The number of fused-ring (bicyclic) bond motifs is 1. The summed E-state index contributed by atoms with van der Waals surface area (Å²) in [6, 6.07) is 9.78. The molecule has 1 saturated heterocycles. The second kappa shape index (κ2) is 7.23. The van der Waals surface area contributed by atoms with Crippen molar-refractivity contribution in [3.05, 3.63) is 40.4 Å². The van der Waals surface area contributed by atoms with Gasteiger partial charge in [-0.05, 0) is 45.8 Å². The quantitative estimate of drug-likeness (QED) is 0.493. The molecule has 0 radical (unpaired) electrons. The van der Waals surface area contributed by atoms with Gasteiger partial charge in [0.15, 0.2) is 6.10 Å². The van der Waals surface area contributed by atoms with E-state index >= 15 is 0 Å². The number of hydrogen-bond acceptors (Lipinski definition) is 5. The van der Waals surface area contributed by atoms with Crippen molar-refractivity contribution in [3.63, 3.8) is 0 Å². The van der Waals surface area contributed by atoms with Crippen LogP contribution in [-0.2, 0) is 24.8 Å². The molecule has 1 fully saturated rings. The first-order chi connectivity index (χ1) is 11.9. The van der Waals surface area contributed by atoms with Gasteiger partial charge in [-0.3, -0.25) is 0 Å². The average molecular weight is 474 g/mol. The van der Waals surface area contributed by atoms with Crippen molar-refractivity contribution >= 4 is 48.6 Å². The van der Waals surface area contributed by atoms with Crippen LogP contribution in [0.25, 0.3) is 10.8 Å². The Balaban J connectivity index is 2.05. The molecule has 7 heteroatoms. The average Bonchev–Trinajstić information content (AvgIpc) is 3.08. The van der Waals surface area contributed by atoms with E-state index in [0.29, 0.717) is 0 Å². The number of methoxy groups -OCH3 is 2. The fraction of sp³-hybridized carbons (Fsp3) is 0.389. The second-order valence-corrected chi connectivity index (χ2v) is 7.91. The number of alkyl halides is 1. The maximum Gasteiger partial charge on any atom is 0.337 e. The van der Waals surface area contributed by atoms with E-state index in [1.54, 1.807) is 7.11 Å². The smallest absolute Gasteiger partial charge is 0.337 e. The van der Waals surface area contributed by atoms with Gasteiger partial charge in [-0.25, -0.2) is 4.79 Å². The summed E-state index contributed by atoms with van der Waals surface area (Å²) in [7, 11) is 2.97. The van der Waals surface area contributed by atoms with Crippen LogP contribution in [-0.4, -0.2) is 37.7 Å². The van der Waals surface area contributed by atoms with E-state index in [0.717, 1.165) is 26.6 Å². The molecule has 0 saturated carbocycles. The van der Waals surface area contributed by atoms with Gasteiger partial charge in [0, 0.05) is 5.56 Å². The number of rotatable bonds is 4. The highest BCUT2D eigenvalue weighted by atomic mass is 79.9. The van der Waals surface area contributed by atoms with Crippen molar-refractivity contribution < 1.29 is 23.7 Å². The summed E-state index contributed by atoms with van der Waals surface area (Å²) in [6.45, 7) is 2.07. The molecule has 0 aliphatic carbocycles. The lowest BCUT2D eigenvalue weighted by atomic mass is 9.99. The highest BCUT2D eigenvalue weighted by molar-refractivity contribution is 9.10. The standard InChI is InChI=1S/C18H18Br2O5/c1-10(19)18(24-9-15(25-18)17(21)23-3)12-5-6-13-11(8-12)4-7-14(22-2)16(13)20/h4-8,10,15H,9H2,1-3H3. The van der Waals surface area contributed by atoms with Gasteiger partial charge in [0.25, 0.3) is 0 Å². The molecule has 25 heavy (non-hydrogen) atoms. The Morgan fingerprint density at radius 3 is 2.72 bits per heavy atom. The van der Waals surface area contributed by atoms with E-state index in [4.69, 9.17) is 18.9 Å². The third-order valence-electron chi connectivity index (χ3n) is 4.30. The maximum atomic E-state index is 11.8. The Morgan fingerprint density at radius 2 is 2.08 bits per heavy atom. The van der Waals surface area contributed by atoms with Crippen molar-refractivity contribution in [3.8, 4) is 5.75 Å². The first-order valence-electron chi connectivity index (χ1n) is 7.73. The van der Waals surface area contributed by atoms with Gasteiger partial charge in [-0.15, -0.1) is 0 Å². The monoisotopic (exact) mass is 472 g/mol. The molecule has 0 amide bonds. The molecule has 5 nitrogen and oxygen atoms in total. The van der Waals surface area contributed by atoms with Crippen LogP contribution < -0.4 is 4.74 Å². The van der Waals surface area contributed by atoms with Gasteiger partial charge in [0.1, 0.15) is 5.75 Å². The molecule has 3 atom stereocenters. The Labute approximate surface area is 162 Å². The fourth-order valence-electron chi connectivity index (χ4n) is 2.96. The van der Waals surface area contributed by atoms with Crippen LogP contribution in [0.2, 0.25) is 0 Å². The molecule has 134 valence electrons.